The average molecular weight is 555 g/mol. The summed E-state index contributed by atoms with van der Waals surface area (Å²) in [4.78, 5) is 12.6. The second-order valence-corrected chi connectivity index (χ2v) is 12.1. The van der Waals surface area contributed by atoms with E-state index in [1.54, 1.807) is 6.20 Å². The van der Waals surface area contributed by atoms with Gasteiger partial charge in [0.15, 0.2) is 4.90 Å². The van der Waals surface area contributed by atoms with E-state index in [1.807, 2.05) is 42.6 Å². The zero-order valence-corrected chi connectivity index (χ0v) is 23.7. The molecule has 0 aliphatic carbocycles. The van der Waals surface area contributed by atoms with Gasteiger partial charge in [-0.3, -0.25) is 4.90 Å². The van der Waals surface area contributed by atoms with Crippen molar-refractivity contribution in [3.05, 3.63) is 89.2 Å². The second-order valence-electron chi connectivity index (χ2n) is 10.8. The van der Waals surface area contributed by atoms with Gasteiger partial charge < -0.3 is 9.29 Å². The summed E-state index contributed by atoms with van der Waals surface area (Å²) < 4.78 is 22.8. The molecule has 0 amide bonds. The molecule has 0 radical (unpaired) electrons. The number of aromatic nitrogens is 4. The van der Waals surface area contributed by atoms with E-state index in [0.29, 0.717) is 30.3 Å². The number of nitrogens with one attached hydrogen (secondary N) is 1. The van der Waals surface area contributed by atoms with Crippen LogP contribution in [0.25, 0.3) is 11.3 Å². The van der Waals surface area contributed by atoms with Crippen LogP contribution in [-0.4, -0.2) is 49.3 Å². The molecule has 1 N–H and O–H groups in total. The van der Waals surface area contributed by atoms with Gasteiger partial charge in [-0.05, 0) is 86.0 Å². The molecule has 4 bridgehead atoms. The van der Waals surface area contributed by atoms with Crippen molar-refractivity contribution in [1.29, 1.82) is 0 Å². The first-order chi connectivity index (χ1) is 19.5. The van der Waals surface area contributed by atoms with Gasteiger partial charge in [-0.2, -0.15) is 19.9 Å². The molecule has 2 aromatic heterocycles. The summed E-state index contributed by atoms with van der Waals surface area (Å²) in [6, 6.07) is 18.2. The average Bonchev–Trinajstić information content (AvgIpc) is 2.96. The van der Waals surface area contributed by atoms with E-state index in [0.717, 1.165) is 66.2 Å². The van der Waals surface area contributed by atoms with E-state index in [9.17, 15) is 4.55 Å². The molecular weight excluding hydrogens is 520 g/mol. The highest BCUT2D eigenvalue weighted by Gasteiger charge is 2.30. The first-order valence-corrected chi connectivity index (χ1v) is 15.0. The van der Waals surface area contributed by atoms with Crippen LogP contribution in [0.5, 0.6) is 5.88 Å². The predicted octanol–water partition coefficient (Wildman–Crippen LogP) is 5.15. The molecule has 206 valence electrons. The largest absolute Gasteiger partial charge is 0.588 e. The molecule has 9 heteroatoms. The molecule has 6 rings (SSSR count). The maximum Gasteiger partial charge on any atom is 0.269 e. The van der Waals surface area contributed by atoms with Crippen LogP contribution < -0.4 is 9.46 Å². The maximum absolute atomic E-state index is 13.3. The number of benzene rings is 2. The summed E-state index contributed by atoms with van der Waals surface area (Å²) in [5.41, 5.74) is 6.40. The van der Waals surface area contributed by atoms with Crippen LogP contribution in [0.2, 0.25) is 0 Å². The van der Waals surface area contributed by atoms with Crippen molar-refractivity contribution in [3.8, 4) is 17.1 Å². The Hall–Kier alpha value is -3.53. The summed E-state index contributed by atoms with van der Waals surface area (Å²) in [5.74, 6) is 1.65. The van der Waals surface area contributed by atoms with Crippen LogP contribution in [0.15, 0.2) is 71.9 Å². The molecule has 2 aliphatic heterocycles. The number of aryl methyl sites for hydroxylation is 3. The number of hydrogen-bond acceptors (Lipinski definition) is 8. The van der Waals surface area contributed by atoms with Crippen molar-refractivity contribution in [2.75, 3.05) is 24.4 Å². The lowest BCUT2D eigenvalue weighted by atomic mass is 9.82. The van der Waals surface area contributed by atoms with Crippen LogP contribution in [0.4, 0.5) is 5.95 Å². The van der Waals surface area contributed by atoms with Gasteiger partial charge in [-0.15, -0.1) is 0 Å². The number of rotatable bonds is 3. The van der Waals surface area contributed by atoms with Gasteiger partial charge in [0.1, 0.15) is 11.4 Å². The van der Waals surface area contributed by atoms with Crippen LogP contribution in [0.3, 0.4) is 0 Å². The van der Waals surface area contributed by atoms with Gasteiger partial charge in [0.2, 0.25) is 5.88 Å². The number of hydrogen-bond donors (Lipinski definition) is 1. The summed E-state index contributed by atoms with van der Waals surface area (Å²) in [6.45, 7) is 7.54. The quantitative estimate of drug-likeness (QED) is 0.347. The molecule has 4 heterocycles. The molecule has 2 unspecified atom stereocenters. The first kappa shape index (κ1) is 26.7. The van der Waals surface area contributed by atoms with Crippen LogP contribution in [-0.2, 0) is 24.3 Å². The number of nitrogens with zero attached hydrogens (tertiary/aromatic N) is 5. The lowest BCUT2D eigenvalue weighted by Gasteiger charge is -2.38. The van der Waals surface area contributed by atoms with Crippen molar-refractivity contribution in [2.24, 2.45) is 11.8 Å². The summed E-state index contributed by atoms with van der Waals surface area (Å²) >= 11 is -1.50. The predicted molar refractivity (Wildman–Crippen MR) is 156 cm³/mol. The molecule has 1 fully saturated rings. The summed E-state index contributed by atoms with van der Waals surface area (Å²) in [7, 11) is 0. The lowest BCUT2D eigenvalue weighted by molar-refractivity contribution is 0.0707. The van der Waals surface area contributed by atoms with Gasteiger partial charge in [0.05, 0.1) is 18.5 Å². The summed E-state index contributed by atoms with van der Waals surface area (Å²) in [5, 5.41) is 7.97. The Labute approximate surface area is 238 Å². The number of ether oxygens (including phenoxy) is 1. The molecule has 4 aromatic rings. The van der Waals surface area contributed by atoms with Crippen LogP contribution in [0, 0.1) is 25.7 Å². The molecule has 1 saturated heterocycles. The minimum atomic E-state index is -1.50. The van der Waals surface area contributed by atoms with E-state index in [2.05, 4.69) is 56.8 Å². The fraction of sp³-hybridized carbons (Fsp3) is 0.355. The lowest BCUT2D eigenvalue weighted by Crippen LogP contribution is -2.42. The molecule has 8 nitrogen and oxygen atoms in total. The highest BCUT2D eigenvalue weighted by Crippen LogP contribution is 2.33. The standard InChI is InChI=1S/C31H34N6O2S/c1-21-5-3-6-22(2)30(21)28-16-29-35-31(34-28)36-40(38)27-8-4-7-23(15-27)9-10-25-12-14-37(19-26(25)20-39-29)18-24-11-13-32-33-17-24/h3-8,11,13,15-17,25-26H,9-10,12,14,18-20H2,1-2H3,(H,34,35,36)/t25?,26-,40?/m1/s1. The highest BCUT2D eigenvalue weighted by atomic mass is 32.2. The molecular formula is C31H34N6O2S. The molecule has 3 atom stereocenters. The van der Waals surface area contributed by atoms with Crippen LogP contribution in [0.1, 0.15) is 35.1 Å². The number of anilines is 1. The van der Waals surface area contributed by atoms with Crippen molar-refractivity contribution in [2.45, 2.75) is 44.6 Å². The molecule has 0 saturated carbocycles. The van der Waals surface area contributed by atoms with Crippen molar-refractivity contribution >= 4 is 17.3 Å². The fourth-order valence-corrected chi connectivity index (χ4v) is 6.77. The Morgan fingerprint density at radius 3 is 2.67 bits per heavy atom. The van der Waals surface area contributed by atoms with Crippen LogP contribution >= 0.6 is 0 Å². The number of likely N-dealkylation sites (tertiary alicyclic amines) is 1. The first-order valence-electron chi connectivity index (χ1n) is 13.9. The van der Waals surface area contributed by atoms with E-state index in [4.69, 9.17) is 9.72 Å². The molecule has 2 aliphatic rings. The third-order valence-corrected chi connectivity index (χ3v) is 9.06. The van der Waals surface area contributed by atoms with Gasteiger partial charge >= 0.3 is 0 Å². The number of piperidine rings is 1. The Bertz CT molecular complexity index is 1450. The fourth-order valence-electron chi connectivity index (χ4n) is 5.93. The highest BCUT2D eigenvalue weighted by molar-refractivity contribution is 7.92. The minimum absolute atomic E-state index is 0.294. The third-order valence-electron chi connectivity index (χ3n) is 8.01. The van der Waals surface area contributed by atoms with E-state index in [-0.39, 0.29) is 0 Å². The minimum Gasteiger partial charge on any atom is -0.588 e. The molecule has 0 spiro atoms. The van der Waals surface area contributed by atoms with Gasteiger partial charge in [-0.1, -0.05) is 30.3 Å². The van der Waals surface area contributed by atoms with E-state index < -0.39 is 11.4 Å². The zero-order chi connectivity index (χ0) is 27.5. The van der Waals surface area contributed by atoms with E-state index >= 15 is 0 Å². The van der Waals surface area contributed by atoms with E-state index in [1.165, 1.54) is 11.1 Å². The van der Waals surface area contributed by atoms with Crippen molar-refractivity contribution in [1.82, 2.24) is 25.1 Å². The third kappa shape index (κ3) is 6.11. The zero-order valence-electron chi connectivity index (χ0n) is 22.9. The van der Waals surface area contributed by atoms with Gasteiger partial charge in [0.25, 0.3) is 5.95 Å². The Kier molecular flexibility index (Phi) is 7.95. The molecule has 40 heavy (non-hydrogen) atoms. The normalized spacial score (nSPS) is 21.4. The van der Waals surface area contributed by atoms with Gasteiger partial charge in [0, 0.05) is 36.8 Å². The monoisotopic (exact) mass is 554 g/mol. The number of fused-ring (bicyclic) bond motifs is 5. The van der Waals surface area contributed by atoms with Crippen molar-refractivity contribution in [3.63, 3.8) is 0 Å². The Balaban J connectivity index is 1.34. The Morgan fingerprint density at radius 2 is 1.85 bits per heavy atom. The smallest absolute Gasteiger partial charge is 0.269 e. The SMILES string of the molecule is Cc1cccc(C)c1-c1cc2nc(n1)N[S+]([O-])c1cccc(c1)CCC1CCN(Cc3ccnnc3)C[C@@H]1CO2. The summed E-state index contributed by atoms with van der Waals surface area (Å²) in [6.07, 6.45) is 6.70. The Morgan fingerprint density at radius 1 is 1.00 bits per heavy atom. The maximum atomic E-state index is 13.3. The van der Waals surface area contributed by atoms with Crippen molar-refractivity contribution < 1.29 is 9.29 Å². The van der Waals surface area contributed by atoms with Gasteiger partial charge in [-0.25, -0.2) is 4.98 Å². The topological polar surface area (TPSA) is 99.1 Å². The second kappa shape index (κ2) is 11.9. The molecule has 2 aromatic carbocycles.